The Morgan fingerprint density at radius 3 is 3.07 bits per heavy atom. The zero-order valence-corrected chi connectivity index (χ0v) is 7.99. The number of amides is 2. The lowest BCUT2D eigenvalue weighted by Crippen LogP contribution is -2.39. The second kappa shape index (κ2) is 4.55. The minimum atomic E-state index is -0.492. The van der Waals surface area contributed by atoms with Crippen molar-refractivity contribution in [2.75, 3.05) is 6.54 Å². The Bertz CT molecular complexity index is 318. The number of hydrogen-bond acceptors (Lipinski definition) is 3. The van der Waals surface area contributed by atoms with Gasteiger partial charge in [-0.05, 0) is 6.42 Å². The standard InChI is InChI=1S/C9H12N2O3/c1-2-6-10-9(13)7-4-3-5-8(12)11(7)14/h3-4H,2,5-6H2,1H3,(H-,10,13,14)/p+1. The maximum Gasteiger partial charge on any atom is 0.438 e. The molecule has 0 spiro atoms. The van der Waals surface area contributed by atoms with E-state index in [0.29, 0.717) is 11.3 Å². The van der Waals surface area contributed by atoms with Crippen LogP contribution in [0.1, 0.15) is 19.8 Å². The van der Waals surface area contributed by atoms with Crippen LogP contribution in [0.2, 0.25) is 0 Å². The Kier molecular flexibility index (Phi) is 3.39. The van der Waals surface area contributed by atoms with Gasteiger partial charge in [-0.1, -0.05) is 13.0 Å². The van der Waals surface area contributed by atoms with Gasteiger partial charge in [0.25, 0.3) is 0 Å². The highest BCUT2D eigenvalue weighted by molar-refractivity contribution is 6.42. The number of hydrogen-bond donors (Lipinski definition) is 2. The first-order valence-corrected chi connectivity index (χ1v) is 4.50. The van der Waals surface area contributed by atoms with Crippen molar-refractivity contribution in [2.45, 2.75) is 19.8 Å². The zero-order chi connectivity index (χ0) is 10.6. The predicted molar refractivity (Wildman–Crippen MR) is 49.1 cm³/mol. The zero-order valence-electron chi connectivity index (χ0n) is 7.99. The van der Waals surface area contributed by atoms with Crippen molar-refractivity contribution in [2.24, 2.45) is 0 Å². The van der Waals surface area contributed by atoms with E-state index in [2.05, 4.69) is 5.32 Å². The third kappa shape index (κ3) is 2.18. The smallest absolute Gasteiger partial charge is 0.347 e. The first kappa shape index (κ1) is 10.4. The van der Waals surface area contributed by atoms with Gasteiger partial charge in [-0.25, -0.2) is 4.79 Å². The molecule has 0 aromatic rings. The minimum absolute atomic E-state index is 0.0188. The average Bonchev–Trinajstić information content (AvgIpc) is 2.18. The van der Waals surface area contributed by atoms with E-state index in [9.17, 15) is 14.8 Å². The summed E-state index contributed by atoms with van der Waals surface area (Å²) < 4.78 is 0.394. The van der Waals surface area contributed by atoms with Gasteiger partial charge in [0.2, 0.25) is 0 Å². The van der Waals surface area contributed by atoms with Crippen LogP contribution in [0.15, 0.2) is 12.2 Å². The van der Waals surface area contributed by atoms with Gasteiger partial charge in [-0.3, -0.25) is 10.0 Å². The quantitative estimate of drug-likeness (QED) is 0.375. The van der Waals surface area contributed by atoms with Crippen LogP contribution < -0.4 is 5.32 Å². The Morgan fingerprint density at radius 2 is 2.43 bits per heavy atom. The number of carbonyl (C=O) groups is 2. The largest absolute Gasteiger partial charge is 0.438 e. The number of nitrogens with one attached hydrogen (secondary N) is 1. The number of nitrogens with zero attached hydrogens (tertiary/aromatic N) is 1. The fraction of sp³-hybridized carbons (Fsp3) is 0.444. The number of carbonyl (C=O) groups excluding carboxylic acids is 2. The molecule has 0 atom stereocenters. The Labute approximate surface area is 81.7 Å². The molecule has 0 radical (unpaired) electrons. The summed E-state index contributed by atoms with van der Waals surface area (Å²) in [6, 6.07) is 0. The van der Waals surface area contributed by atoms with Gasteiger partial charge < -0.3 is 5.32 Å². The monoisotopic (exact) mass is 197 g/mol. The van der Waals surface area contributed by atoms with Gasteiger partial charge in [0, 0.05) is 12.6 Å². The summed E-state index contributed by atoms with van der Waals surface area (Å²) in [5.41, 5.74) is -0.0188. The maximum atomic E-state index is 11.4. The molecule has 0 bridgehead atoms. The summed E-state index contributed by atoms with van der Waals surface area (Å²) in [5.74, 6) is -0.923. The molecule has 5 nitrogen and oxygen atoms in total. The molecule has 5 heteroatoms. The summed E-state index contributed by atoms with van der Waals surface area (Å²) in [6.45, 7) is 2.45. The van der Waals surface area contributed by atoms with Crippen LogP contribution >= 0.6 is 0 Å². The molecule has 2 amide bonds. The maximum absolute atomic E-state index is 11.4. The highest BCUT2D eigenvalue weighted by Crippen LogP contribution is 1.97. The van der Waals surface area contributed by atoms with Gasteiger partial charge >= 0.3 is 17.5 Å². The lowest BCUT2D eigenvalue weighted by atomic mass is 10.2. The van der Waals surface area contributed by atoms with E-state index in [1.807, 2.05) is 6.92 Å². The lowest BCUT2D eigenvalue weighted by molar-refractivity contribution is -0.704. The van der Waals surface area contributed by atoms with Crippen molar-refractivity contribution in [3.05, 3.63) is 12.2 Å². The van der Waals surface area contributed by atoms with Crippen LogP contribution in [0.3, 0.4) is 0 Å². The lowest BCUT2D eigenvalue weighted by Gasteiger charge is -2.02. The van der Waals surface area contributed by atoms with E-state index < -0.39 is 11.8 Å². The molecule has 14 heavy (non-hydrogen) atoms. The molecule has 0 saturated carbocycles. The Hall–Kier alpha value is -1.65. The molecular weight excluding hydrogens is 184 g/mol. The van der Waals surface area contributed by atoms with E-state index >= 15 is 0 Å². The summed E-state index contributed by atoms with van der Waals surface area (Å²) >= 11 is 0. The molecule has 1 heterocycles. The van der Waals surface area contributed by atoms with E-state index in [-0.39, 0.29) is 12.1 Å². The predicted octanol–water partition coefficient (Wildman–Crippen LogP) is -0.158. The number of hydroxylamine groups is 1. The molecule has 0 aromatic heterocycles. The van der Waals surface area contributed by atoms with Crippen LogP contribution in [0, 0.1) is 0 Å². The molecular formula is C9H13N2O3+. The average molecular weight is 197 g/mol. The van der Waals surface area contributed by atoms with E-state index in [0.717, 1.165) is 6.42 Å². The molecule has 1 aliphatic rings. The van der Waals surface area contributed by atoms with Gasteiger partial charge in [-0.2, -0.15) is 0 Å². The van der Waals surface area contributed by atoms with Crippen molar-refractivity contribution in [1.29, 1.82) is 0 Å². The normalized spacial score (nSPS) is 15.9. The van der Waals surface area contributed by atoms with Gasteiger partial charge in [0.1, 0.15) is 0 Å². The molecule has 1 aliphatic heterocycles. The second-order valence-corrected chi connectivity index (χ2v) is 2.95. The minimum Gasteiger partial charge on any atom is -0.347 e. The van der Waals surface area contributed by atoms with Crippen molar-refractivity contribution < 1.29 is 19.5 Å². The third-order valence-corrected chi connectivity index (χ3v) is 1.80. The van der Waals surface area contributed by atoms with Crippen molar-refractivity contribution in [3.63, 3.8) is 0 Å². The van der Waals surface area contributed by atoms with E-state index in [1.54, 1.807) is 6.08 Å². The Balaban J connectivity index is 2.75. The summed E-state index contributed by atoms with van der Waals surface area (Å²) in [6.07, 6.45) is 3.92. The van der Waals surface area contributed by atoms with E-state index in [4.69, 9.17) is 0 Å². The summed E-state index contributed by atoms with van der Waals surface area (Å²) in [4.78, 5) is 22.4. The summed E-state index contributed by atoms with van der Waals surface area (Å²) in [5, 5.41) is 11.8. The van der Waals surface area contributed by atoms with Crippen molar-refractivity contribution in [3.8, 4) is 0 Å². The first-order valence-electron chi connectivity index (χ1n) is 4.50. The topological polar surface area (TPSA) is 69.4 Å². The fourth-order valence-electron chi connectivity index (χ4n) is 1.06. The first-order chi connectivity index (χ1) is 6.66. The van der Waals surface area contributed by atoms with Crippen LogP contribution in [0.25, 0.3) is 0 Å². The van der Waals surface area contributed by atoms with Crippen LogP contribution in [0.4, 0.5) is 0 Å². The van der Waals surface area contributed by atoms with Crippen molar-refractivity contribution in [1.82, 2.24) is 5.32 Å². The van der Waals surface area contributed by atoms with Crippen LogP contribution in [-0.4, -0.2) is 34.0 Å². The molecule has 0 unspecified atom stereocenters. The fourth-order valence-corrected chi connectivity index (χ4v) is 1.06. The van der Waals surface area contributed by atoms with Gasteiger partial charge in [0.15, 0.2) is 0 Å². The molecule has 2 N–H and O–H groups in total. The van der Waals surface area contributed by atoms with Crippen LogP contribution in [0.5, 0.6) is 0 Å². The highest BCUT2D eigenvalue weighted by Gasteiger charge is 2.30. The van der Waals surface area contributed by atoms with Gasteiger partial charge in [-0.15, -0.1) is 0 Å². The SMILES string of the molecule is CCCNC(=O)C1=[N+](O)C(=O)CC=C1. The van der Waals surface area contributed by atoms with Crippen molar-refractivity contribution >= 4 is 17.5 Å². The second-order valence-electron chi connectivity index (χ2n) is 2.95. The number of rotatable bonds is 3. The van der Waals surface area contributed by atoms with Crippen LogP contribution in [-0.2, 0) is 9.59 Å². The molecule has 0 saturated heterocycles. The third-order valence-electron chi connectivity index (χ3n) is 1.80. The Morgan fingerprint density at radius 1 is 1.71 bits per heavy atom. The molecule has 76 valence electrons. The molecule has 0 aromatic carbocycles. The van der Waals surface area contributed by atoms with Gasteiger partial charge in [0.05, 0.1) is 11.2 Å². The summed E-state index contributed by atoms with van der Waals surface area (Å²) in [7, 11) is 0. The highest BCUT2D eigenvalue weighted by atomic mass is 16.5. The molecule has 1 rings (SSSR count). The molecule has 0 fully saturated rings. The van der Waals surface area contributed by atoms with E-state index in [1.165, 1.54) is 6.08 Å². The molecule has 0 aliphatic carbocycles.